The zero-order valence-corrected chi connectivity index (χ0v) is 11.8. The van der Waals surface area contributed by atoms with Crippen molar-refractivity contribution in [2.45, 2.75) is 26.7 Å². The first-order chi connectivity index (χ1) is 7.90. The third-order valence-electron chi connectivity index (χ3n) is 2.12. The highest BCUT2D eigenvalue weighted by atomic mass is 32.2. The van der Waals surface area contributed by atoms with Crippen LogP contribution in [0.1, 0.15) is 26.7 Å². The molecule has 17 heavy (non-hydrogen) atoms. The van der Waals surface area contributed by atoms with E-state index in [1.165, 1.54) is 4.31 Å². The minimum atomic E-state index is -3.35. The van der Waals surface area contributed by atoms with E-state index in [1.54, 1.807) is 7.05 Å². The van der Waals surface area contributed by atoms with E-state index < -0.39 is 10.2 Å². The van der Waals surface area contributed by atoms with Crippen LogP contribution in [0.5, 0.6) is 0 Å². The third kappa shape index (κ3) is 8.31. The third-order valence-corrected chi connectivity index (χ3v) is 3.69. The van der Waals surface area contributed by atoms with E-state index in [0.717, 1.165) is 18.4 Å². The molecule has 0 saturated heterocycles. The molecule has 0 unspecified atom stereocenters. The summed E-state index contributed by atoms with van der Waals surface area (Å²) in [6, 6.07) is 0. The largest absolute Gasteiger partial charge is 0.376 e. The van der Waals surface area contributed by atoms with Gasteiger partial charge in [-0.2, -0.15) is 17.4 Å². The molecule has 0 aromatic carbocycles. The van der Waals surface area contributed by atoms with Gasteiger partial charge in [0.1, 0.15) is 0 Å². The molecule has 0 aliphatic carbocycles. The van der Waals surface area contributed by atoms with Crippen LogP contribution in [0.3, 0.4) is 0 Å². The molecule has 0 saturated carbocycles. The van der Waals surface area contributed by atoms with Gasteiger partial charge in [0, 0.05) is 20.1 Å². The van der Waals surface area contributed by atoms with Crippen molar-refractivity contribution in [1.82, 2.24) is 9.03 Å². The van der Waals surface area contributed by atoms with Gasteiger partial charge in [-0.05, 0) is 13.3 Å². The number of ether oxygens (including phenoxy) is 1. The van der Waals surface area contributed by atoms with Crippen molar-refractivity contribution >= 4 is 10.2 Å². The summed E-state index contributed by atoms with van der Waals surface area (Å²) in [4.78, 5) is 0. The lowest BCUT2D eigenvalue weighted by Gasteiger charge is -2.17. The SMILES string of the molecule is C=C(C)COCCNS(=O)(=O)N(C)CCCC. The number of unbranched alkanes of at least 4 members (excludes halogenated alkanes) is 1. The molecule has 1 N–H and O–H groups in total. The first kappa shape index (κ1) is 16.6. The lowest BCUT2D eigenvalue weighted by atomic mass is 10.3. The summed E-state index contributed by atoms with van der Waals surface area (Å²) in [6.07, 6.45) is 1.84. The monoisotopic (exact) mass is 264 g/mol. The summed E-state index contributed by atoms with van der Waals surface area (Å²) in [5.74, 6) is 0. The predicted octanol–water partition coefficient (Wildman–Crippen LogP) is 1.15. The minimum absolute atomic E-state index is 0.284. The lowest BCUT2D eigenvalue weighted by Crippen LogP contribution is -2.40. The maximum Gasteiger partial charge on any atom is 0.279 e. The number of rotatable bonds is 10. The Morgan fingerprint density at radius 3 is 2.65 bits per heavy atom. The summed E-state index contributed by atoms with van der Waals surface area (Å²) in [7, 11) is -1.78. The summed E-state index contributed by atoms with van der Waals surface area (Å²) >= 11 is 0. The van der Waals surface area contributed by atoms with Crippen LogP contribution in [0.4, 0.5) is 0 Å². The smallest absolute Gasteiger partial charge is 0.279 e. The normalized spacial score (nSPS) is 12.0. The lowest BCUT2D eigenvalue weighted by molar-refractivity contribution is 0.161. The maximum absolute atomic E-state index is 11.7. The molecule has 0 atom stereocenters. The first-order valence-corrected chi connectivity index (χ1v) is 7.27. The van der Waals surface area contributed by atoms with Crippen molar-refractivity contribution in [2.24, 2.45) is 0 Å². The van der Waals surface area contributed by atoms with E-state index in [2.05, 4.69) is 11.3 Å². The van der Waals surface area contributed by atoms with Crippen LogP contribution in [0.25, 0.3) is 0 Å². The Bertz CT molecular complexity index is 315. The van der Waals surface area contributed by atoms with Crippen molar-refractivity contribution in [2.75, 3.05) is 33.4 Å². The maximum atomic E-state index is 11.7. The molecular formula is C11H24N2O3S. The molecule has 0 aromatic rings. The van der Waals surface area contributed by atoms with Crippen LogP contribution in [0.2, 0.25) is 0 Å². The van der Waals surface area contributed by atoms with Gasteiger partial charge < -0.3 is 4.74 Å². The van der Waals surface area contributed by atoms with E-state index in [1.807, 2.05) is 13.8 Å². The Kier molecular flexibility index (Phi) is 8.41. The fourth-order valence-electron chi connectivity index (χ4n) is 1.10. The highest BCUT2D eigenvalue weighted by Gasteiger charge is 2.15. The fraction of sp³-hybridized carbons (Fsp3) is 0.818. The Hall–Kier alpha value is -0.430. The van der Waals surface area contributed by atoms with Gasteiger partial charge in [0.05, 0.1) is 13.2 Å². The Morgan fingerprint density at radius 2 is 2.12 bits per heavy atom. The molecular weight excluding hydrogens is 240 g/mol. The van der Waals surface area contributed by atoms with E-state index >= 15 is 0 Å². The molecule has 0 amide bonds. The summed E-state index contributed by atoms with van der Waals surface area (Å²) in [5, 5.41) is 0. The average molecular weight is 264 g/mol. The second kappa shape index (κ2) is 8.63. The summed E-state index contributed by atoms with van der Waals surface area (Å²) in [6.45, 7) is 9.23. The Labute approximate surface area is 105 Å². The van der Waals surface area contributed by atoms with Crippen LogP contribution >= 0.6 is 0 Å². The van der Waals surface area contributed by atoms with Gasteiger partial charge in [-0.1, -0.05) is 25.5 Å². The van der Waals surface area contributed by atoms with Gasteiger partial charge in [-0.15, -0.1) is 0 Å². The molecule has 0 fully saturated rings. The predicted molar refractivity (Wildman–Crippen MR) is 70.1 cm³/mol. The first-order valence-electron chi connectivity index (χ1n) is 5.83. The fourth-order valence-corrected chi connectivity index (χ4v) is 2.03. The van der Waals surface area contributed by atoms with E-state index in [-0.39, 0.29) is 6.54 Å². The van der Waals surface area contributed by atoms with Crippen molar-refractivity contribution in [3.05, 3.63) is 12.2 Å². The number of hydrogen-bond donors (Lipinski definition) is 1. The van der Waals surface area contributed by atoms with Crippen molar-refractivity contribution < 1.29 is 13.2 Å². The zero-order valence-electron chi connectivity index (χ0n) is 11.0. The van der Waals surface area contributed by atoms with Crippen LogP contribution in [0, 0.1) is 0 Å². The molecule has 0 aromatic heterocycles. The van der Waals surface area contributed by atoms with Crippen LogP contribution in [0.15, 0.2) is 12.2 Å². The topological polar surface area (TPSA) is 58.6 Å². The molecule has 6 heteroatoms. The van der Waals surface area contributed by atoms with Crippen LogP contribution in [-0.4, -0.2) is 46.1 Å². The molecule has 102 valence electrons. The molecule has 0 radical (unpaired) electrons. The van der Waals surface area contributed by atoms with Gasteiger partial charge >= 0.3 is 0 Å². The molecule has 0 rings (SSSR count). The number of nitrogens with zero attached hydrogens (tertiary/aromatic N) is 1. The van der Waals surface area contributed by atoms with Crippen molar-refractivity contribution in [1.29, 1.82) is 0 Å². The van der Waals surface area contributed by atoms with E-state index in [9.17, 15) is 8.42 Å². The van der Waals surface area contributed by atoms with E-state index in [4.69, 9.17) is 4.74 Å². The molecule has 0 spiro atoms. The molecule has 5 nitrogen and oxygen atoms in total. The van der Waals surface area contributed by atoms with Gasteiger partial charge in [-0.25, -0.2) is 0 Å². The Balaban J connectivity index is 3.81. The van der Waals surface area contributed by atoms with E-state index in [0.29, 0.717) is 19.8 Å². The Morgan fingerprint density at radius 1 is 1.47 bits per heavy atom. The molecule has 0 bridgehead atoms. The minimum Gasteiger partial charge on any atom is -0.376 e. The number of hydrogen-bond acceptors (Lipinski definition) is 3. The van der Waals surface area contributed by atoms with Crippen molar-refractivity contribution in [3.63, 3.8) is 0 Å². The van der Waals surface area contributed by atoms with Gasteiger partial charge in [-0.3, -0.25) is 0 Å². The average Bonchev–Trinajstić information content (AvgIpc) is 2.24. The summed E-state index contributed by atoms with van der Waals surface area (Å²) < 4.78 is 32.4. The van der Waals surface area contributed by atoms with Crippen LogP contribution in [-0.2, 0) is 14.9 Å². The highest BCUT2D eigenvalue weighted by molar-refractivity contribution is 7.87. The second-order valence-corrected chi connectivity index (χ2v) is 5.95. The standard InChI is InChI=1S/C11H24N2O3S/c1-5-6-8-13(4)17(14,15)12-7-9-16-10-11(2)3/h12H,2,5-10H2,1,3-4H3. The zero-order chi connectivity index (χ0) is 13.3. The van der Waals surface area contributed by atoms with Gasteiger partial charge in [0.2, 0.25) is 0 Å². The van der Waals surface area contributed by atoms with Gasteiger partial charge in [0.25, 0.3) is 10.2 Å². The summed E-state index contributed by atoms with van der Waals surface area (Å²) in [5.41, 5.74) is 0.924. The van der Waals surface area contributed by atoms with Crippen LogP contribution < -0.4 is 4.72 Å². The van der Waals surface area contributed by atoms with Crippen molar-refractivity contribution in [3.8, 4) is 0 Å². The second-order valence-electron chi connectivity index (χ2n) is 4.08. The molecule has 0 aliphatic rings. The molecule has 0 heterocycles. The van der Waals surface area contributed by atoms with Gasteiger partial charge in [0.15, 0.2) is 0 Å². The molecule has 0 aliphatic heterocycles. The highest BCUT2D eigenvalue weighted by Crippen LogP contribution is 1.97. The quantitative estimate of drug-likeness (QED) is 0.475. The number of nitrogens with one attached hydrogen (secondary N) is 1.